The molecule has 11 heteroatoms. The van der Waals surface area contributed by atoms with E-state index in [4.69, 9.17) is 5.11 Å². The molecule has 0 spiro atoms. The fourth-order valence-corrected chi connectivity index (χ4v) is 2.31. The average molecular weight is 369 g/mol. The molecule has 1 unspecified atom stereocenters. The Morgan fingerprint density at radius 2 is 2.08 bits per heavy atom. The van der Waals surface area contributed by atoms with Crippen molar-refractivity contribution < 1.29 is 27.9 Å². The number of carboxylic acid groups (broad SMARTS) is 1. The molecule has 1 amide bonds. The fraction of sp³-hybridized carbons (Fsp3) is 0.400. The molecule has 8 nitrogen and oxygen atoms in total. The van der Waals surface area contributed by atoms with Gasteiger partial charge in [0.2, 0.25) is 0 Å². The van der Waals surface area contributed by atoms with E-state index in [1.807, 2.05) is 0 Å². The average Bonchev–Trinajstić information content (AvgIpc) is 3.25. The van der Waals surface area contributed by atoms with E-state index in [1.54, 1.807) is 0 Å². The number of pyridine rings is 1. The summed E-state index contributed by atoms with van der Waals surface area (Å²) in [7, 11) is 0. The zero-order chi connectivity index (χ0) is 18.9. The van der Waals surface area contributed by atoms with Crippen LogP contribution in [0.4, 0.5) is 13.2 Å². The first-order valence-corrected chi connectivity index (χ1v) is 7.73. The van der Waals surface area contributed by atoms with Crippen LogP contribution in [-0.4, -0.2) is 43.0 Å². The van der Waals surface area contributed by atoms with E-state index in [0.717, 1.165) is 29.7 Å². The topological polar surface area (TPSA) is 110 Å². The van der Waals surface area contributed by atoms with Crippen LogP contribution in [0.5, 0.6) is 0 Å². The van der Waals surface area contributed by atoms with Gasteiger partial charge in [0, 0.05) is 6.20 Å². The third-order valence-electron chi connectivity index (χ3n) is 3.91. The highest BCUT2D eigenvalue weighted by molar-refractivity contribution is 5.94. The number of halogens is 3. The lowest BCUT2D eigenvalue weighted by Gasteiger charge is -2.12. The number of alkyl halides is 3. The number of aromatic nitrogens is 4. The molecule has 138 valence electrons. The van der Waals surface area contributed by atoms with Crippen LogP contribution in [0.3, 0.4) is 0 Å². The lowest BCUT2D eigenvalue weighted by molar-refractivity contribution is -0.139. The Hall–Kier alpha value is -2.98. The summed E-state index contributed by atoms with van der Waals surface area (Å²) in [5.74, 6) is -1.53. The number of hydrogen-bond donors (Lipinski definition) is 2. The minimum Gasteiger partial charge on any atom is -0.480 e. The Labute approximate surface area is 145 Å². The van der Waals surface area contributed by atoms with Gasteiger partial charge in [0.15, 0.2) is 11.5 Å². The van der Waals surface area contributed by atoms with Crippen molar-refractivity contribution in [3.63, 3.8) is 0 Å². The van der Waals surface area contributed by atoms with Crippen molar-refractivity contribution in [1.82, 2.24) is 25.3 Å². The van der Waals surface area contributed by atoms with Crippen LogP contribution in [0, 0.1) is 5.92 Å². The van der Waals surface area contributed by atoms with Crippen molar-refractivity contribution in [2.75, 3.05) is 0 Å². The number of rotatable bonds is 6. The van der Waals surface area contributed by atoms with Gasteiger partial charge >= 0.3 is 12.1 Å². The molecule has 1 aliphatic rings. The SMILES string of the molecule is O=C(NC(CC1CC1)C(=O)O)c1cn(-c2ccc(C(F)(F)F)cn2)nn1. The lowest BCUT2D eigenvalue weighted by Crippen LogP contribution is -2.41. The van der Waals surface area contributed by atoms with Crippen molar-refractivity contribution in [2.24, 2.45) is 5.92 Å². The highest BCUT2D eigenvalue weighted by Gasteiger charge is 2.32. The maximum Gasteiger partial charge on any atom is 0.417 e. The van der Waals surface area contributed by atoms with Crippen molar-refractivity contribution in [3.8, 4) is 5.82 Å². The summed E-state index contributed by atoms with van der Waals surface area (Å²) in [6, 6.07) is 0.899. The molecule has 2 N–H and O–H groups in total. The maximum absolute atomic E-state index is 12.5. The minimum atomic E-state index is -4.51. The molecule has 1 atom stereocenters. The molecule has 1 aliphatic carbocycles. The first kappa shape index (κ1) is 17.8. The normalized spacial score (nSPS) is 15.5. The minimum absolute atomic E-state index is 0.0392. The lowest BCUT2D eigenvalue weighted by atomic mass is 10.1. The second kappa shape index (κ2) is 6.73. The summed E-state index contributed by atoms with van der Waals surface area (Å²) in [6.07, 6.45) is -0.472. The van der Waals surface area contributed by atoms with E-state index in [2.05, 4.69) is 20.6 Å². The summed E-state index contributed by atoms with van der Waals surface area (Å²) >= 11 is 0. The van der Waals surface area contributed by atoms with E-state index in [0.29, 0.717) is 18.5 Å². The number of nitrogens with one attached hydrogen (secondary N) is 1. The molecule has 0 aliphatic heterocycles. The van der Waals surface area contributed by atoms with Gasteiger partial charge in [-0.3, -0.25) is 4.79 Å². The quantitative estimate of drug-likeness (QED) is 0.801. The van der Waals surface area contributed by atoms with Gasteiger partial charge in [-0.05, 0) is 24.5 Å². The second-order valence-electron chi connectivity index (χ2n) is 5.99. The molecule has 1 fully saturated rings. The second-order valence-corrected chi connectivity index (χ2v) is 5.99. The zero-order valence-electron chi connectivity index (χ0n) is 13.3. The van der Waals surface area contributed by atoms with Gasteiger partial charge in [-0.2, -0.15) is 13.2 Å². The predicted molar refractivity (Wildman–Crippen MR) is 80.4 cm³/mol. The number of carboxylic acids is 1. The predicted octanol–water partition coefficient (Wildman–Crippen LogP) is 1.66. The van der Waals surface area contributed by atoms with Gasteiger partial charge in [-0.25, -0.2) is 14.5 Å². The Kier molecular flexibility index (Phi) is 4.62. The molecule has 2 aromatic heterocycles. The summed E-state index contributed by atoms with van der Waals surface area (Å²) in [4.78, 5) is 27.0. The number of hydrogen-bond acceptors (Lipinski definition) is 5. The number of carbonyl (C=O) groups excluding carboxylic acids is 1. The van der Waals surface area contributed by atoms with Crippen LogP contribution in [0.25, 0.3) is 5.82 Å². The highest BCUT2D eigenvalue weighted by atomic mass is 19.4. The maximum atomic E-state index is 12.5. The van der Waals surface area contributed by atoms with Crippen LogP contribution in [0.1, 0.15) is 35.3 Å². The van der Waals surface area contributed by atoms with Crippen molar-refractivity contribution >= 4 is 11.9 Å². The van der Waals surface area contributed by atoms with Crippen LogP contribution in [0.15, 0.2) is 24.5 Å². The van der Waals surface area contributed by atoms with Crippen LogP contribution in [-0.2, 0) is 11.0 Å². The molecule has 2 aromatic rings. The molecule has 26 heavy (non-hydrogen) atoms. The Morgan fingerprint density at radius 3 is 2.62 bits per heavy atom. The van der Waals surface area contributed by atoms with Crippen molar-refractivity contribution in [3.05, 3.63) is 35.8 Å². The van der Waals surface area contributed by atoms with E-state index in [9.17, 15) is 22.8 Å². The van der Waals surface area contributed by atoms with Crippen molar-refractivity contribution in [1.29, 1.82) is 0 Å². The number of amides is 1. The Bertz CT molecular complexity index is 815. The van der Waals surface area contributed by atoms with Gasteiger partial charge < -0.3 is 10.4 Å². The van der Waals surface area contributed by atoms with Gasteiger partial charge in [0.1, 0.15) is 6.04 Å². The zero-order valence-corrected chi connectivity index (χ0v) is 13.3. The molecule has 0 bridgehead atoms. The molecule has 2 heterocycles. The van der Waals surface area contributed by atoms with E-state index < -0.39 is 29.7 Å². The third kappa shape index (κ3) is 4.16. The monoisotopic (exact) mass is 369 g/mol. The summed E-state index contributed by atoms with van der Waals surface area (Å²) in [5.41, 5.74) is -1.07. The van der Waals surface area contributed by atoms with Crippen molar-refractivity contribution in [2.45, 2.75) is 31.5 Å². The summed E-state index contributed by atoms with van der Waals surface area (Å²) in [6.45, 7) is 0. The smallest absolute Gasteiger partial charge is 0.417 e. The molecule has 1 saturated carbocycles. The molecule has 0 radical (unpaired) electrons. The largest absolute Gasteiger partial charge is 0.480 e. The van der Waals surface area contributed by atoms with Gasteiger partial charge in [0.05, 0.1) is 11.8 Å². The first-order valence-electron chi connectivity index (χ1n) is 7.73. The van der Waals surface area contributed by atoms with E-state index in [-0.39, 0.29) is 11.5 Å². The molecular weight excluding hydrogens is 355 g/mol. The number of aliphatic carboxylic acids is 1. The Balaban J connectivity index is 1.70. The summed E-state index contributed by atoms with van der Waals surface area (Å²) < 4.78 is 38.6. The fourth-order valence-electron chi connectivity index (χ4n) is 2.31. The van der Waals surface area contributed by atoms with E-state index >= 15 is 0 Å². The Morgan fingerprint density at radius 1 is 1.35 bits per heavy atom. The number of carbonyl (C=O) groups is 2. The third-order valence-corrected chi connectivity index (χ3v) is 3.91. The van der Waals surface area contributed by atoms with Gasteiger partial charge in [-0.15, -0.1) is 5.10 Å². The van der Waals surface area contributed by atoms with Gasteiger partial charge in [0.25, 0.3) is 5.91 Å². The van der Waals surface area contributed by atoms with Crippen LogP contribution in [0.2, 0.25) is 0 Å². The number of nitrogens with zero attached hydrogens (tertiary/aromatic N) is 4. The molecule has 0 saturated heterocycles. The molecule has 3 rings (SSSR count). The molecular formula is C15H14F3N5O3. The summed E-state index contributed by atoms with van der Waals surface area (Å²) in [5, 5.41) is 18.8. The van der Waals surface area contributed by atoms with Gasteiger partial charge in [-0.1, -0.05) is 18.1 Å². The molecule has 0 aromatic carbocycles. The first-order chi connectivity index (χ1) is 12.2. The van der Waals surface area contributed by atoms with Crippen LogP contribution >= 0.6 is 0 Å². The standard InChI is InChI=1S/C15H14F3N5O3/c16-15(17,18)9-3-4-12(19-6-9)23-7-11(21-22-23)13(24)20-10(14(25)26)5-8-1-2-8/h3-4,6-8,10H,1-2,5H2,(H,20,24)(H,25,26). The highest BCUT2D eigenvalue weighted by Crippen LogP contribution is 2.33. The van der Waals surface area contributed by atoms with Crippen LogP contribution < -0.4 is 5.32 Å². The van der Waals surface area contributed by atoms with E-state index in [1.165, 1.54) is 6.20 Å².